The Bertz CT molecular complexity index is 979. The minimum atomic E-state index is -1.03. The van der Waals surface area contributed by atoms with Gasteiger partial charge in [-0.05, 0) is 50.1 Å². The predicted octanol–water partition coefficient (Wildman–Crippen LogP) is 4.70. The maximum atomic E-state index is 12.6. The zero-order valence-electron chi connectivity index (χ0n) is 15.6. The molecule has 0 saturated heterocycles. The monoisotopic (exact) mass is 417 g/mol. The van der Waals surface area contributed by atoms with Crippen LogP contribution in [-0.4, -0.2) is 25.8 Å². The Morgan fingerprint density at radius 1 is 1.25 bits per heavy atom. The quantitative estimate of drug-likeness (QED) is 0.571. The molecule has 2 N–H and O–H groups in total. The fourth-order valence-corrected chi connectivity index (χ4v) is 3.71. The van der Waals surface area contributed by atoms with Crippen LogP contribution < -0.4 is 10.1 Å². The first-order valence-electron chi connectivity index (χ1n) is 9.13. The molecule has 28 heavy (non-hydrogen) atoms. The van der Waals surface area contributed by atoms with Crippen molar-refractivity contribution >= 4 is 40.1 Å². The number of nitrogens with zero attached hydrogens (tertiary/aromatic N) is 1. The normalized spacial score (nSPS) is 18.1. The molecule has 146 valence electrons. The molecule has 1 saturated carbocycles. The smallest absolute Gasteiger partial charge is 0.263 e. The second-order valence-corrected chi connectivity index (χ2v) is 9.12. The van der Waals surface area contributed by atoms with E-state index in [2.05, 4.69) is 15.3 Å². The summed E-state index contributed by atoms with van der Waals surface area (Å²) in [5, 5.41) is 2.88. The summed E-state index contributed by atoms with van der Waals surface area (Å²) in [6.07, 6.45) is 0.756. The predicted molar refractivity (Wildman–Crippen MR) is 111 cm³/mol. The van der Waals surface area contributed by atoms with Crippen molar-refractivity contribution in [1.82, 2.24) is 15.3 Å². The first-order valence-corrected chi connectivity index (χ1v) is 9.89. The van der Waals surface area contributed by atoms with E-state index in [4.69, 9.17) is 27.9 Å². The highest BCUT2D eigenvalue weighted by atomic mass is 35.5. The Kier molecular flexibility index (Phi) is 4.76. The molecule has 0 unspecified atom stereocenters. The lowest BCUT2D eigenvalue weighted by molar-refractivity contribution is -0.134. The van der Waals surface area contributed by atoms with Gasteiger partial charge >= 0.3 is 0 Å². The van der Waals surface area contributed by atoms with Crippen LogP contribution in [0, 0.1) is 0 Å². The van der Waals surface area contributed by atoms with E-state index in [1.165, 1.54) is 0 Å². The highest BCUT2D eigenvalue weighted by Crippen LogP contribution is 2.59. The number of aromatic amines is 1. The molecule has 1 aromatic heterocycles. The minimum absolute atomic E-state index is 0.157. The summed E-state index contributed by atoms with van der Waals surface area (Å²) in [5.41, 5.74) is 1.85. The van der Waals surface area contributed by atoms with E-state index in [1.807, 2.05) is 48.5 Å². The van der Waals surface area contributed by atoms with Gasteiger partial charge in [0.2, 0.25) is 0 Å². The van der Waals surface area contributed by atoms with Crippen molar-refractivity contribution in [2.75, 3.05) is 0 Å². The van der Waals surface area contributed by atoms with Crippen LogP contribution in [0.25, 0.3) is 11.0 Å². The van der Waals surface area contributed by atoms with Crippen molar-refractivity contribution in [3.63, 3.8) is 0 Å². The maximum Gasteiger partial charge on any atom is 0.263 e. The number of imidazole rings is 1. The number of halogens is 2. The van der Waals surface area contributed by atoms with Crippen LogP contribution >= 0.6 is 23.2 Å². The Morgan fingerprint density at radius 2 is 1.93 bits per heavy atom. The van der Waals surface area contributed by atoms with Gasteiger partial charge in [0, 0.05) is 5.92 Å². The molecule has 1 heterocycles. The summed E-state index contributed by atoms with van der Waals surface area (Å²) in [7, 11) is 0. The number of fused-ring (bicyclic) bond motifs is 1. The second kappa shape index (κ2) is 6.98. The molecule has 1 fully saturated rings. The molecular weight excluding hydrogens is 397 g/mol. The number of aromatic nitrogens is 2. The van der Waals surface area contributed by atoms with Crippen LogP contribution in [0.4, 0.5) is 0 Å². The number of para-hydroxylation sites is 2. The third kappa shape index (κ3) is 3.96. The standard InChI is InChI=1S/C21H21Cl2N3O2/c1-20(2,28-14-9-7-13(8-10-14)15-11-21(15,22)23)19(27)24-12-18-25-16-5-3-4-6-17(16)26-18/h3-10,15H,11-12H2,1-2H3,(H,24,27)(H,25,26)/t15-/m0/s1. The number of alkyl halides is 2. The summed E-state index contributed by atoms with van der Waals surface area (Å²) >= 11 is 12.2. The molecule has 3 aromatic rings. The SMILES string of the molecule is CC(C)(Oc1ccc([C@@H]2CC2(Cl)Cl)cc1)C(=O)NCc1nc2ccccc2[nH]1. The van der Waals surface area contributed by atoms with Crippen LogP contribution in [0.5, 0.6) is 5.75 Å². The van der Waals surface area contributed by atoms with E-state index in [0.29, 0.717) is 18.1 Å². The van der Waals surface area contributed by atoms with Crippen LogP contribution in [0.3, 0.4) is 0 Å². The molecule has 1 aliphatic rings. The van der Waals surface area contributed by atoms with Gasteiger partial charge in [0.25, 0.3) is 5.91 Å². The van der Waals surface area contributed by atoms with Crippen LogP contribution in [-0.2, 0) is 11.3 Å². The number of ether oxygens (including phenoxy) is 1. The summed E-state index contributed by atoms with van der Waals surface area (Å²) in [6.45, 7) is 3.77. The van der Waals surface area contributed by atoms with Crippen molar-refractivity contribution in [3.8, 4) is 5.75 Å². The second-order valence-electron chi connectivity index (χ2n) is 7.58. The van der Waals surface area contributed by atoms with E-state index < -0.39 is 9.93 Å². The van der Waals surface area contributed by atoms with E-state index in [-0.39, 0.29) is 11.8 Å². The van der Waals surface area contributed by atoms with Gasteiger partial charge in [-0.15, -0.1) is 23.2 Å². The largest absolute Gasteiger partial charge is 0.478 e. The number of carbonyl (C=O) groups is 1. The molecule has 1 atom stereocenters. The zero-order valence-corrected chi connectivity index (χ0v) is 17.1. The fourth-order valence-electron chi connectivity index (χ4n) is 3.15. The molecule has 0 spiro atoms. The first-order chi connectivity index (χ1) is 13.2. The Labute approximate surface area is 173 Å². The van der Waals surface area contributed by atoms with Gasteiger partial charge < -0.3 is 15.0 Å². The van der Waals surface area contributed by atoms with Crippen molar-refractivity contribution in [1.29, 1.82) is 0 Å². The number of carbonyl (C=O) groups excluding carboxylic acids is 1. The highest BCUT2D eigenvalue weighted by molar-refractivity contribution is 6.51. The summed E-state index contributed by atoms with van der Waals surface area (Å²) in [4.78, 5) is 20.3. The minimum Gasteiger partial charge on any atom is -0.478 e. The van der Waals surface area contributed by atoms with Crippen LogP contribution in [0.15, 0.2) is 48.5 Å². The average Bonchev–Trinajstić information content (AvgIpc) is 3.11. The molecule has 0 aliphatic heterocycles. The number of hydrogen-bond acceptors (Lipinski definition) is 3. The van der Waals surface area contributed by atoms with Gasteiger partial charge in [0.05, 0.1) is 17.6 Å². The van der Waals surface area contributed by atoms with Gasteiger partial charge in [0.1, 0.15) is 15.9 Å². The number of H-pyrrole nitrogens is 1. The zero-order chi connectivity index (χ0) is 19.9. The number of nitrogens with one attached hydrogen (secondary N) is 2. The molecule has 2 aromatic carbocycles. The first kappa shape index (κ1) is 19.1. The van der Waals surface area contributed by atoms with E-state index in [1.54, 1.807) is 13.8 Å². The third-order valence-electron chi connectivity index (χ3n) is 4.88. The number of amides is 1. The number of hydrogen-bond donors (Lipinski definition) is 2. The lowest BCUT2D eigenvalue weighted by atomic mass is 10.1. The molecular formula is C21H21Cl2N3O2. The highest BCUT2D eigenvalue weighted by Gasteiger charge is 2.52. The summed E-state index contributed by atoms with van der Waals surface area (Å²) < 4.78 is 5.25. The average molecular weight is 418 g/mol. The van der Waals surface area contributed by atoms with Crippen molar-refractivity contribution in [2.45, 2.75) is 42.7 Å². The van der Waals surface area contributed by atoms with Gasteiger partial charge in [-0.3, -0.25) is 4.79 Å². The molecule has 1 aliphatic carbocycles. The molecule has 7 heteroatoms. The Balaban J connectivity index is 1.36. The van der Waals surface area contributed by atoms with Crippen LogP contribution in [0.1, 0.15) is 37.6 Å². The number of benzene rings is 2. The van der Waals surface area contributed by atoms with E-state index >= 15 is 0 Å². The van der Waals surface area contributed by atoms with Gasteiger partial charge in [-0.1, -0.05) is 24.3 Å². The Morgan fingerprint density at radius 3 is 2.57 bits per heavy atom. The summed E-state index contributed by atoms with van der Waals surface area (Å²) in [5.74, 6) is 1.25. The van der Waals surface area contributed by atoms with E-state index in [0.717, 1.165) is 23.0 Å². The third-order valence-corrected chi connectivity index (χ3v) is 5.72. The van der Waals surface area contributed by atoms with Crippen molar-refractivity contribution in [3.05, 3.63) is 59.9 Å². The van der Waals surface area contributed by atoms with Crippen molar-refractivity contribution < 1.29 is 9.53 Å². The van der Waals surface area contributed by atoms with Gasteiger partial charge in [0.15, 0.2) is 5.60 Å². The number of rotatable bonds is 6. The topological polar surface area (TPSA) is 67.0 Å². The molecule has 5 nitrogen and oxygen atoms in total. The lowest BCUT2D eigenvalue weighted by Gasteiger charge is -2.25. The molecule has 4 rings (SSSR count). The fraction of sp³-hybridized carbons (Fsp3) is 0.333. The van der Waals surface area contributed by atoms with Gasteiger partial charge in [-0.25, -0.2) is 4.98 Å². The van der Waals surface area contributed by atoms with Crippen molar-refractivity contribution in [2.24, 2.45) is 0 Å². The van der Waals surface area contributed by atoms with Gasteiger partial charge in [-0.2, -0.15) is 0 Å². The molecule has 0 radical (unpaired) electrons. The molecule has 1 amide bonds. The molecule has 0 bridgehead atoms. The Hall–Kier alpha value is -2.24. The van der Waals surface area contributed by atoms with Crippen LogP contribution in [0.2, 0.25) is 0 Å². The maximum absolute atomic E-state index is 12.6. The summed E-state index contributed by atoms with van der Waals surface area (Å²) in [6, 6.07) is 15.3. The van der Waals surface area contributed by atoms with E-state index in [9.17, 15) is 4.79 Å². The lowest BCUT2D eigenvalue weighted by Crippen LogP contribution is -2.46.